The van der Waals surface area contributed by atoms with Crippen molar-refractivity contribution in [1.82, 2.24) is 24.3 Å². The van der Waals surface area contributed by atoms with Crippen LogP contribution in [0.5, 0.6) is 0 Å². The third-order valence-electron chi connectivity index (χ3n) is 3.13. The van der Waals surface area contributed by atoms with Crippen LogP contribution in [0, 0.1) is 0 Å². The fraction of sp³-hybridized carbons (Fsp3) is 0.214. The maximum absolute atomic E-state index is 5.73. The van der Waals surface area contributed by atoms with Crippen LogP contribution in [0.4, 0.5) is 5.82 Å². The number of pyridine rings is 1. The zero-order valence-electron chi connectivity index (χ0n) is 11.1. The molecule has 0 fully saturated rings. The van der Waals surface area contributed by atoms with Crippen LogP contribution < -0.4 is 5.73 Å². The molecule has 2 N–H and O–H groups in total. The van der Waals surface area contributed by atoms with E-state index in [1.807, 2.05) is 41.6 Å². The topological polar surface area (TPSA) is 74.5 Å². The lowest BCUT2D eigenvalue weighted by Gasteiger charge is -2.08. The number of nitrogen functional groups attached to an aromatic ring is 1. The molecule has 3 aromatic rings. The quantitative estimate of drug-likeness (QED) is 0.766. The highest BCUT2D eigenvalue weighted by molar-refractivity contribution is 5.61. The summed E-state index contributed by atoms with van der Waals surface area (Å²) in [6, 6.07) is 5.74. The molecule has 6 heteroatoms. The first-order valence-corrected chi connectivity index (χ1v) is 6.52. The van der Waals surface area contributed by atoms with Gasteiger partial charge in [-0.1, -0.05) is 0 Å². The highest BCUT2D eigenvalue weighted by Gasteiger charge is 2.05. The molecule has 3 rings (SSSR count). The average Bonchev–Trinajstić information content (AvgIpc) is 3.10. The molecule has 0 spiro atoms. The Morgan fingerprint density at radius 2 is 2.15 bits per heavy atom. The Bertz CT molecular complexity index is 671. The number of rotatable bonds is 5. The highest BCUT2D eigenvalue weighted by atomic mass is 15.3. The summed E-state index contributed by atoms with van der Waals surface area (Å²) in [5.74, 6) is 0.520. The first-order valence-electron chi connectivity index (χ1n) is 6.52. The molecule has 0 bridgehead atoms. The Kier molecular flexibility index (Phi) is 3.45. The number of aromatic nitrogens is 5. The van der Waals surface area contributed by atoms with Crippen molar-refractivity contribution in [3.63, 3.8) is 0 Å². The summed E-state index contributed by atoms with van der Waals surface area (Å²) >= 11 is 0. The average molecular weight is 268 g/mol. The van der Waals surface area contributed by atoms with Gasteiger partial charge in [0.15, 0.2) is 0 Å². The maximum Gasteiger partial charge on any atom is 0.123 e. The largest absolute Gasteiger partial charge is 0.384 e. The van der Waals surface area contributed by atoms with Gasteiger partial charge in [-0.2, -0.15) is 5.10 Å². The van der Waals surface area contributed by atoms with Gasteiger partial charge in [0.25, 0.3) is 0 Å². The lowest BCUT2D eigenvalue weighted by molar-refractivity contribution is 0.528. The van der Waals surface area contributed by atoms with Gasteiger partial charge in [0, 0.05) is 37.2 Å². The molecule has 3 aromatic heterocycles. The third-order valence-corrected chi connectivity index (χ3v) is 3.13. The fourth-order valence-corrected chi connectivity index (χ4v) is 2.18. The van der Waals surface area contributed by atoms with Gasteiger partial charge < -0.3 is 10.3 Å². The summed E-state index contributed by atoms with van der Waals surface area (Å²) in [5, 5.41) is 4.19. The molecule has 0 unspecified atom stereocenters. The van der Waals surface area contributed by atoms with Crippen molar-refractivity contribution >= 4 is 5.82 Å². The summed E-state index contributed by atoms with van der Waals surface area (Å²) in [5.41, 5.74) is 7.82. The number of nitrogens with zero attached hydrogens (tertiary/aromatic N) is 5. The molecule has 0 aliphatic rings. The van der Waals surface area contributed by atoms with Crippen LogP contribution in [0.15, 0.2) is 49.3 Å². The summed E-state index contributed by atoms with van der Waals surface area (Å²) in [6.45, 7) is 1.78. The van der Waals surface area contributed by atoms with Gasteiger partial charge in [-0.15, -0.1) is 0 Å². The molecular weight excluding hydrogens is 252 g/mol. The van der Waals surface area contributed by atoms with Crippen LogP contribution >= 0.6 is 0 Å². The predicted octanol–water partition coefficient (Wildman–Crippen LogP) is 1.81. The molecule has 0 aliphatic heterocycles. The van der Waals surface area contributed by atoms with Crippen molar-refractivity contribution in [2.24, 2.45) is 0 Å². The van der Waals surface area contributed by atoms with Gasteiger partial charge in [0.05, 0.1) is 18.2 Å². The summed E-state index contributed by atoms with van der Waals surface area (Å²) < 4.78 is 4.05. The van der Waals surface area contributed by atoms with Gasteiger partial charge in [-0.25, -0.2) is 9.97 Å². The van der Waals surface area contributed by atoms with E-state index in [0.29, 0.717) is 5.82 Å². The van der Waals surface area contributed by atoms with Crippen LogP contribution in [0.3, 0.4) is 0 Å². The van der Waals surface area contributed by atoms with Crippen LogP contribution in [0.2, 0.25) is 0 Å². The Hall–Kier alpha value is -2.63. The van der Waals surface area contributed by atoms with E-state index in [4.69, 9.17) is 5.73 Å². The van der Waals surface area contributed by atoms with Gasteiger partial charge in [0.2, 0.25) is 0 Å². The lowest BCUT2D eigenvalue weighted by Crippen LogP contribution is -2.05. The summed E-state index contributed by atoms with van der Waals surface area (Å²) in [4.78, 5) is 8.23. The Morgan fingerprint density at radius 1 is 1.20 bits per heavy atom. The zero-order chi connectivity index (χ0) is 13.8. The van der Waals surface area contributed by atoms with Crippen molar-refractivity contribution in [2.75, 3.05) is 5.73 Å². The van der Waals surface area contributed by atoms with Crippen molar-refractivity contribution < 1.29 is 0 Å². The van der Waals surface area contributed by atoms with Crippen molar-refractivity contribution in [3.8, 4) is 11.3 Å². The number of anilines is 1. The second-order valence-electron chi connectivity index (χ2n) is 4.56. The number of imidazole rings is 1. The van der Waals surface area contributed by atoms with Crippen molar-refractivity contribution in [2.45, 2.75) is 19.5 Å². The molecule has 0 amide bonds. The molecule has 0 saturated carbocycles. The minimum absolute atomic E-state index is 0.520. The molecule has 6 nitrogen and oxygen atoms in total. The summed E-state index contributed by atoms with van der Waals surface area (Å²) in [6.07, 6.45) is 10.2. The normalized spacial score (nSPS) is 10.8. The molecule has 20 heavy (non-hydrogen) atoms. The molecular formula is C14H16N6. The predicted molar refractivity (Wildman–Crippen MR) is 76.7 cm³/mol. The molecule has 0 aromatic carbocycles. The highest BCUT2D eigenvalue weighted by Crippen LogP contribution is 2.20. The molecule has 0 radical (unpaired) electrons. The minimum atomic E-state index is 0.520. The SMILES string of the molecule is Nc1cc(-c2cncn2CCCn2cccn2)ccn1. The van der Waals surface area contributed by atoms with Gasteiger partial charge in [-0.05, 0) is 24.6 Å². The van der Waals surface area contributed by atoms with Crippen LogP contribution in [-0.4, -0.2) is 24.3 Å². The van der Waals surface area contributed by atoms with Crippen molar-refractivity contribution in [3.05, 3.63) is 49.3 Å². The van der Waals surface area contributed by atoms with Gasteiger partial charge in [0.1, 0.15) is 5.82 Å². The van der Waals surface area contributed by atoms with Crippen LogP contribution in [-0.2, 0) is 13.1 Å². The smallest absolute Gasteiger partial charge is 0.123 e. The lowest BCUT2D eigenvalue weighted by atomic mass is 10.2. The van der Waals surface area contributed by atoms with E-state index in [1.54, 1.807) is 12.4 Å². The number of nitrogens with two attached hydrogens (primary N) is 1. The standard InChI is InChI=1S/C14H16N6/c15-14-9-12(3-5-17-14)13-10-16-11-19(13)6-2-8-20-7-1-4-18-20/h1,3-5,7,9-11H,2,6,8H2,(H2,15,17). The fourth-order valence-electron chi connectivity index (χ4n) is 2.18. The molecule has 0 saturated heterocycles. The van der Waals surface area contributed by atoms with Crippen LogP contribution in [0.25, 0.3) is 11.3 Å². The van der Waals surface area contributed by atoms with E-state index in [2.05, 4.69) is 19.6 Å². The Balaban J connectivity index is 1.70. The van der Waals surface area contributed by atoms with E-state index in [1.165, 1.54) is 0 Å². The third kappa shape index (κ3) is 2.69. The van der Waals surface area contributed by atoms with E-state index in [-0.39, 0.29) is 0 Å². The molecule has 102 valence electrons. The maximum atomic E-state index is 5.73. The number of hydrogen-bond acceptors (Lipinski definition) is 4. The van der Waals surface area contributed by atoms with E-state index >= 15 is 0 Å². The Morgan fingerprint density at radius 3 is 2.95 bits per heavy atom. The summed E-state index contributed by atoms with van der Waals surface area (Å²) in [7, 11) is 0. The number of hydrogen-bond donors (Lipinski definition) is 1. The first kappa shape index (κ1) is 12.4. The minimum Gasteiger partial charge on any atom is -0.384 e. The van der Waals surface area contributed by atoms with Gasteiger partial charge >= 0.3 is 0 Å². The molecule has 0 atom stereocenters. The van der Waals surface area contributed by atoms with E-state index in [0.717, 1.165) is 30.8 Å². The first-order chi connectivity index (χ1) is 9.83. The van der Waals surface area contributed by atoms with Crippen molar-refractivity contribution in [1.29, 1.82) is 0 Å². The van der Waals surface area contributed by atoms with Crippen LogP contribution in [0.1, 0.15) is 6.42 Å². The molecule has 0 aliphatic carbocycles. The van der Waals surface area contributed by atoms with Gasteiger partial charge in [-0.3, -0.25) is 4.68 Å². The zero-order valence-corrected chi connectivity index (χ0v) is 11.1. The number of aryl methyl sites for hydroxylation is 2. The second kappa shape index (κ2) is 5.56. The molecule has 3 heterocycles. The van der Waals surface area contributed by atoms with E-state index in [9.17, 15) is 0 Å². The second-order valence-corrected chi connectivity index (χ2v) is 4.56. The Labute approximate surface area is 116 Å². The van der Waals surface area contributed by atoms with E-state index < -0.39 is 0 Å². The monoisotopic (exact) mass is 268 g/mol.